The highest BCUT2D eigenvalue weighted by atomic mass is 35.5. The van der Waals surface area contributed by atoms with Crippen molar-refractivity contribution in [2.45, 2.75) is 36.4 Å². The molecule has 1 aliphatic heterocycles. The van der Waals surface area contributed by atoms with Gasteiger partial charge in [0.1, 0.15) is 12.0 Å². The van der Waals surface area contributed by atoms with Crippen molar-refractivity contribution < 1.29 is 13.9 Å². The Morgan fingerprint density at radius 2 is 1.88 bits per heavy atom. The summed E-state index contributed by atoms with van der Waals surface area (Å²) in [6, 6.07) is 15.3. The van der Waals surface area contributed by atoms with Gasteiger partial charge in [-0.05, 0) is 61.4 Å². The Kier molecular flexibility index (Phi) is 6.66. The molecule has 1 aliphatic rings. The van der Waals surface area contributed by atoms with Crippen molar-refractivity contribution in [1.82, 2.24) is 19.7 Å². The lowest BCUT2D eigenvalue weighted by atomic mass is 10.2. The van der Waals surface area contributed by atoms with Gasteiger partial charge < -0.3 is 13.9 Å². The molecule has 4 aromatic rings. The van der Waals surface area contributed by atoms with Crippen LogP contribution in [-0.4, -0.2) is 39.6 Å². The molecule has 1 fully saturated rings. The molecule has 0 amide bonds. The number of halogens is 1. The maximum atomic E-state index is 5.97. The molecule has 1 unspecified atom stereocenters. The monoisotopic (exact) mass is 482 g/mol. The van der Waals surface area contributed by atoms with E-state index in [2.05, 4.69) is 19.7 Å². The van der Waals surface area contributed by atoms with Gasteiger partial charge in [0.25, 0.3) is 0 Å². The van der Waals surface area contributed by atoms with Crippen LogP contribution in [0.25, 0.3) is 22.8 Å². The van der Waals surface area contributed by atoms with E-state index >= 15 is 0 Å². The third kappa shape index (κ3) is 5.08. The number of aromatic nitrogens is 4. The zero-order valence-corrected chi connectivity index (χ0v) is 19.7. The molecular weight excluding hydrogens is 460 g/mol. The lowest BCUT2D eigenvalue weighted by Crippen LogP contribution is -2.16. The molecule has 0 saturated carbocycles. The molecule has 2 aromatic heterocycles. The van der Waals surface area contributed by atoms with Gasteiger partial charge in [0.15, 0.2) is 11.0 Å². The van der Waals surface area contributed by atoms with Crippen molar-refractivity contribution in [2.75, 3.05) is 13.7 Å². The molecule has 33 heavy (non-hydrogen) atoms. The summed E-state index contributed by atoms with van der Waals surface area (Å²) in [4.78, 5) is 4.62. The van der Waals surface area contributed by atoms with Crippen LogP contribution in [0.1, 0.15) is 18.5 Å². The fourth-order valence-electron chi connectivity index (χ4n) is 3.74. The van der Waals surface area contributed by atoms with Crippen LogP contribution in [0.2, 0.25) is 5.02 Å². The molecule has 0 radical (unpaired) electrons. The minimum absolute atomic E-state index is 0.168. The van der Waals surface area contributed by atoms with E-state index in [0.717, 1.165) is 53.0 Å². The Bertz CT molecular complexity index is 1200. The maximum Gasteiger partial charge on any atom is 0.226 e. The molecule has 0 N–H and O–H groups in total. The first-order chi connectivity index (χ1) is 16.2. The molecule has 0 spiro atoms. The molecule has 3 heterocycles. The van der Waals surface area contributed by atoms with Gasteiger partial charge in [-0.15, -0.1) is 10.2 Å². The summed E-state index contributed by atoms with van der Waals surface area (Å²) in [6.45, 7) is 1.52. The lowest BCUT2D eigenvalue weighted by Gasteiger charge is -2.14. The second-order valence-corrected chi connectivity index (χ2v) is 9.10. The summed E-state index contributed by atoms with van der Waals surface area (Å²) >= 11 is 7.56. The van der Waals surface area contributed by atoms with Crippen molar-refractivity contribution in [1.29, 1.82) is 0 Å². The van der Waals surface area contributed by atoms with Gasteiger partial charge in [-0.25, -0.2) is 4.98 Å². The van der Waals surface area contributed by atoms with Gasteiger partial charge >= 0.3 is 0 Å². The summed E-state index contributed by atoms with van der Waals surface area (Å²) in [5.41, 5.74) is 2.71. The lowest BCUT2D eigenvalue weighted by molar-refractivity contribution is 0.0953. The highest BCUT2D eigenvalue weighted by Crippen LogP contribution is 2.30. The van der Waals surface area contributed by atoms with E-state index in [9.17, 15) is 0 Å². The van der Waals surface area contributed by atoms with E-state index in [-0.39, 0.29) is 6.10 Å². The van der Waals surface area contributed by atoms with Gasteiger partial charge in [0.2, 0.25) is 5.89 Å². The van der Waals surface area contributed by atoms with Crippen LogP contribution in [0, 0.1) is 0 Å². The van der Waals surface area contributed by atoms with Crippen molar-refractivity contribution in [2.24, 2.45) is 0 Å². The molecule has 1 saturated heterocycles. The maximum absolute atomic E-state index is 5.97. The zero-order valence-electron chi connectivity index (χ0n) is 18.1. The van der Waals surface area contributed by atoms with Gasteiger partial charge in [-0.1, -0.05) is 23.4 Å². The van der Waals surface area contributed by atoms with Crippen LogP contribution in [0.4, 0.5) is 0 Å². The van der Waals surface area contributed by atoms with Crippen LogP contribution in [0.3, 0.4) is 0 Å². The molecular formula is C24H23ClN4O3S. The molecule has 9 heteroatoms. The van der Waals surface area contributed by atoms with Crippen LogP contribution in [0.15, 0.2) is 64.4 Å². The van der Waals surface area contributed by atoms with E-state index in [0.29, 0.717) is 23.2 Å². The Morgan fingerprint density at radius 1 is 1.09 bits per heavy atom. The highest BCUT2D eigenvalue weighted by Gasteiger charge is 2.22. The Morgan fingerprint density at radius 3 is 2.61 bits per heavy atom. The summed E-state index contributed by atoms with van der Waals surface area (Å²) < 4.78 is 19.0. The van der Waals surface area contributed by atoms with E-state index in [1.165, 1.54) is 0 Å². The van der Waals surface area contributed by atoms with Crippen molar-refractivity contribution in [3.8, 4) is 28.6 Å². The second-order valence-electron chi connectivity index (χ2n) is 7.72. The standard InChI is InChI=1S/C24H23ClN4O3S/c1-30-20-10-6-16(7-11-20)22-27-28-24(29(22)13-21-3-2-12-31-21)33-15-19-14-32-23(26-19)17-4-8-18(25)9-5-17/h4-11,14,21H,2-3,12-13,15H2,1H3. The number of hydrogen-bond acceptors (Lipinski definition) is 7. The molecule has 7 nitrogen and oxygen atoms in total. The third-order valence-electron chi connectivity index (χ3n) is 5.47. The van der Waals surface area contributed by atoms with Crippen LogP contribution >= 0.6 is 23.4 Å². The summed E-state index contributed by atoms with van der Waals surface area (Å²) in [7, 11) is 1.66. The van der Waals surface area contributed by atoms with E-state index in [4.69, 9.17) is 25.5 Å². The Balaban J connectivity index is 1.36. The largest absolute Gasteiger partial charge is 0.497 e. The number of thioether (sulfide) groups is 1. The van der Waals surface area contributed by atoms with Crippen molar-refractivity contribution in [3.05, 3.63) is 65.5 Å². The van der Waals surface area contributed by atoms with Crippen LogP contribution < -0.4 is 4.74 Å². The number of ether oxygens (including phenoxy) is 2. The first-order valence-electron chi connectivity index (χ1n) is 10.7. The number of benzene rings is 2. The van der Waals surface area contributed by atoms with Crippen molar-refractivity contribution in [3.63, 3.8) is 0 Å². The molecule has 0 bridgehead atoms. The normalized spacial score (nSPS) is 15.8. The van der Waals surface area contributed by atoms with Crippen LogP contribution in [-0.2, 0) is 17.0 Å². The van der Waals surface area contributed by atoms with Gasteiger partial charge in [0.05, 0.1) is 25.5 Å². The Labute approximate surface area is 201 Å². The first kappa shape index (κ1) is 22.0. The minimum Gasteiger partial charge on any atom is -0.497 e. The first-order valence-corrected chi connectivity index (χ1v) is 12.1. The summed E-state index contributed by atoms with van der Waals surface area (Å²) in [6.07, 6.45) is 3.97. The zero-order chi connectivity index (χ0) is 22.6. The van der Waals surface area contributed by atoms with Gasteiger partial charge in [-0.3, -0.25) is 4.57 Å². The molecule has 0 aliphatic carbocycles. The second kappa shape index (κ2) is 9.99. The third-order valence-corrected chi connectivity index (χ3v) is 6.72. The van der Waals surface area contributed by atoms with Gasteiger partial charge in [-0.2, -0.15) is 0 Å². The smallest absolute Gasteiger partial charge is 0.226 e. The average Bonchev–Trinajstić information content (AvgIpc) is 3.61. The number of methoxy groups -OCH3 is 1. The molecule has 170 valence electrons. The average molecular weight is 483 g/mol. The predicted molar refractivity (Wildman–Crippen MR) is 127 cm³/mol. The fourth-order valence-corrected chi connectivity index (χ4v) is 4.69. The molecule has 2 aromatic carbocycles. The van der Waals surface area contributed by atoms with Crippen molar-refractivity contribution >= 4 is 23.4 Å². The SMILES string of the molecule is COc1ccc(-c2nnc(SCc3coc(-c4ccc(Cl)cc4)n3)n2CC2CCCO2)cc1. The number of rotatable bonds is 8. The van der Waals surface area contributed by atoms with E-state index in [1.54, 1.807) is 25.1 Å². The molecule has 1 atom stereocenters. The molecule has 5 rings (SSSR count). The quantitative estimate of drug-likeness (QED) is 0.297. The topological polar surface area (TPSA) is 75.2 Å². The van der Waals surface area contributed by atoms with Gasteiger partial charge in [0, 0.05) is 28.5 Å². The summed E-state index contributed by atoms with van der Waals surface area (Å²) in [5, 5.41) is 10.5. The number of nitrogens with zero attached hydrogens (tertiary/aromatic N) is 4. The Hall–Kier alpha value is -2.81. The highest BCUT2D eigenvalue weighted by molar-refractivity contribution is 7.98. The fraction of sp³-hybridized carbons (Fsp3) is 0.292. The number of hydrogen-bond donors (Lipinski definition) is 0. The van der Waals surface area contributed by atoms with E-state index in [1.807, 2.05) is 48.5 Å². The minimum atomic E-state index is 0.168. The number of oxazole rings is 1. The summed E-state index contributed by atoms with van der Waals surface area (Å²) in [5.74, 6) is 2.81. The van der Waals surface area contributed by atoms with E-state index < -0.39 is 0 Å². The predicted octanol–water partition coefficient (Wildman–Crippen LogP) is 5.73. The van der Waals surface area contributed by atoms with Crippen LogP contribution in [0.5, 0.6) is 5.75 Å².